The molecule has 1 N–H and O–H groups in total. The topological polar surface area (TPSA) is 46.4 Å². The van der Waals surface area contributed by atoms with Crippen molar-refractivity contribution in [2.45, 2.75) is 18.9 Å². The lowest BCUT2D eigenvalue weighted by molar-refractivity contribution is -0.119. The summed E-state index contributed by atoms with van der Waals surface area (Å²) in [5.41, 5.74) is 0.705. The van der Waals surface area contributed by atoms with Crippen molar-refractivity contribution in [1.82, 2.24) is 9.88 Å². The van der Waals surface area contributed by atoms with Crippen LogP contribution in [-0.2, 0) is 11.8 Å². The lowest BCUT2D eigenvalue weighted by Gasteiger charge is -2.04. The second kappa shape index (κ2) is 4.40. The zero-order valence-electron chi connectivity index (χ0n) is 8.81. The molecule has 1 atom stereocenters. The van der Waals surface area contributed by atoms with Gasteiger partial charge in [-0.05, 0) is 31.5 Å². The monoisotopic (exact) mass is 205 g/mol. The van der Waals surface area contributed by atoms with E-state index in [4.69, 9.17) is 0 Å². The number of aryl methyl sites for hydroxylation is 1. The van der Waals surface area contributed by atoms with E-state index in [0.29, 0.717) is 5.49 Å². The molecule has 1 amide bonds. The van der Waals surface area contributed by atoms with E-state index in [1.807, 2.05) is 36.0 Å². The number of nitrogens with zero attached hydrogens (tertiary/aromatic N) is 2. The third-order valence-corrected chi connectivity index (χ3v) is 2.61. The number of hydrogen-bond acceptors (Lipinski definition) is 2. The highest BCUT2D eigenvalue weighted by Gasteiger charge is 2.21. The zero-order valence-corrected chi connectivity index (χ0v) is 8.81. The first-order valence-corrected chi connectivity index (χ1v) is 5.21. The first-order chi connectivity index (χ1) is 7.27. The largest absolute Gasteiger partial charge is 0.336 e. The van der Waals surface area contributed by atoms with Gasteiger partial charge in [0.25, 0.3) is 5.91 Å². The van der Waals surface area contributed by atoms with Gasteiger partial charge in [-0.15, -0.1) is 0 Å². The van der Waals surface area contributed by atoms with Crippen molar-refractivity contribution in [3.05, 3.63) is 29.9 Å². The summed E-state index contributed by atoms with van der Waals surface area (Å²) in [5.74, 6) is -0.0608. The van der Waals surface area contributed by atoms with Gasteiger partial charge in [0.1, 0.15) is 5.49 Å². The van der Waals surface area contributed by atoms with Gasteiger partial charge in [-0.2, -0.15) is 4.99 Å². The standard InChI is InChI=1S/C11H15N3O/c1-14-8-3-2-6-10(14)13-11(15)9-5-4-7-12-9/h2-3,6,8-9,12H,4-5,7H2,1H3/t9-/m0/s1. The third-order valence-electron chi connectivity index (χ3n) is 2.61. The minimum Gasteiger partial charge on any atom is -0.336 e. The fourth-order valence-corrected chi connectivity index (χ4v) is 1.72. The molecule has 15 heavy (non-hydrogen) atoms. The molecule has 4 heteroatoms. The second-order valence-electron chi connectivity index (χ2n) is 3.77. The molecule has 1 aromatic rings. The van der Waals surface area contributed by atoms with Crippen molar-refractivity contribution in [3.8, 4) is 0 Å². The van der Waals surface area contributed by atoms with E-state index in [2.05, 4.69) is 10.3 Å². The molecular weight excluding hydrogens is 190 g/mol. The van der Waals surface area contributed by atoms with Crippen LogP contribution in [0, 0.1) is 0 Å². The maximum absolute atomic E-state index is 11.7. The van der Waals surface area contributed by atoms with E-state index in [1.54, 1.807) is 0 Å². The Labute approximate surface area is 88.7 Å². The van der Waals surface area contributed by atoms with Crippen LogP contribution in [-0.4, -0.2) is 23.1 Å². The minimum atomic E-state index is -0.0785. The Morgan fingerprint density at radius 3 is 3.13 bits per heavy atom. The molecule has 0 unspecified atom stereocenters. The quantitative estimate of drug-likeness (QED) is 0.712. The van der Waals surface area contributed by atoms with Crippen LogP contribution in [0.2, 0.25) is 0 Å². The third kappa shape index (κ3) is 2.33. The highest BCUT2D eigenvalue weighted by molar-refractivity contribution is 5.82. The Morgan fingerprint density at radius 2 is 2.47 bits per heavy atom. The van der Waals surface area contributed by atoms with Crippen LogP contribution in [0.3, 0.4) is 0 Å². The average molecular weight is 205 g/mol. The molecule has 1 saturated heterocycles. The van der Waals surface area contributed by atoms with Gasteiger partial charge >= 0.3 is 0 Å². The maximum Gasteiger partial charge on any atom is 0.264 e. The summed E-state index contributed by atoms with van der Waals surface area (Å²) in [5, 5.41) is 3.14. The Hall–Kier alpha value is -1.42. The summed E-state index contributed by atoms with van der Waals surface area (Å²) in [7, 11) is 1.88. The molecule has 1 fully saturated rings. The van der Waals surface area contributed by atoms with Gasteiger partial charge in [-0.25, -0.2) is 0 Å². The van der Waals surface area contributed by atoms with Crippen molar-refractivity contribution < 1.29 is 4.79 Å². The van der Waals surface area contributed by atoms with Crippen LogP contribution < -0.4 is 10.8 Å². The molecule has 1 aliphatic rings. The van der Waals surface area contributed by atoms with Crippen molar-refractivity contribution in [3.63, 3.8) is 0 Å². The first-order valence-electron chi connectivity index (χ1n) is 5.21. The summed E-state index contributed by atoms with van der Waals surface area (Å²) < 4.78 is 1.84. The molecule has 0 bridgehead atoms. The van der Waals surface area contributed by atoms with Gasteiger partial charge in [0.05, 0.1) is 6.04 Å². The Morgan fingerprint density at radius 1 is 1.60 bits per heavy atom. The molecule has 4 nitrogen and oxygen atoms in total. The summed E-state index contributed by atoms with van der Waals surface area (Å²) in [6.45, 7) is 0.923. The highest BCUT2D eigenvalue weighted by Crippen LogP contribution is 2.05. The predicted octanol–water partition coefficient (Wildman–Crippen LogP) is 0.204. The molecule has 80 valence electrons. The van der Waals surface area contributed by atoms with Crippen LogP contribution in [0.4, 0.5) is 0 Å². The van der Waals surface area contributed by atoms with Crippen molar-refractivity contribution in [2.75, 3.05) is 6.54 Å². The second-order valence-corrected chi connectivity index (χ2v) is 3.77. The zero-order chi connectivity index (χ0) is 10.7. The summed E-state index contributed by atoms with van der Waals surface area (Å²) in [6.07, 6.45) is 3.85. The van der Waals surface area contributed by atoms with Gasteiger partial charge in [0.15, 0.2) is 0 Å². The molecule has 0 aliphatic carbocycles. The normalized spacial score (nSPS) is 21.9. The van der Waals surface area contributed by atoms with Crippen LogP contribution in [0.25, 0.3) is 0 Å². The number of aromatic nitrogens is 1. The molecule has 0 radical (unpaired) electrons. The Kier molecular flexibility index (Phi) is 2.97. The molecule has 0 aromatic carbocycles. The van der Waals surface area contributed by atoms with Crippen LogP contribution >= 0.6 is 0 Å². The average Bonchev–Trinajstić information content (AvgIpc) is 2.74. The predicted molar refractivity (Wildman–Crippen MR) is 57.0 cm³/mol. The number of amides is 1. The number of rotatable bonds is 1. The fraction of sp³-hybridized carbons (Fsp3) is 0.455. The number of carbonyl (C=O) groups excluding carboxylic acids is 1. The number of carbonyl (C=O) groups is 1. The van der Waals surface area contributed by atoms with Crippen LogP contribution in [0.1, 0.15) is 12.8 Å². The van der Waals surface area contributed by atoms with Gasteiger partial charge in [0, 0.05) is 13.2 Å². The lowest BCUT2D eigenvalue weighted by Crippen LogP contribution is -2.31. The molecular formula is C11H15N3O. The molecule has 2 rings (SSSR count). The van der Waals surface area contributed by atoms with Crippen molar-refractivity contribution in [1.29, 1.82) is 0 Å². The van der Waals surface area contributed by atoms with E-state index < -0.39 is 0 Å². The minimum absolute atomic E-state index is 0.0608. The number of hydrogen-bond donors (Lipinski definition) is 1. The summed E-state index contributed by atoms with van der Waals surface area (Å²) >= 11 is 0. The summed E-state index contributed by atoms with van der Waals surface area (Å²) in [4.78, 5) is 15.8. The molecule has 0 spiro atoms. The van der Waals surface area contributed by atoms with Gasteiger partial charge < -0.3 is 9.88 Å². The van der Waals surface area contributed by atoms with E-state index in [9.17, 15) is 4.79 Å². The molecule has 1 aromatic heterocycles. The van der Waals surface area contributed by atoms with E-state index in [0.717, 1.165) is 19.4 Å². The Balaban J connectivity index is 2.22. The van der Waals surface area contributed by atoms with Crippen molar-refractivity contribution in [2.24, 2.45) is 12.0 Å². The van der Waals surface area contributed by atoms with Crippen LogP contribution in [0.5, 0.6) is 0 Å². The summed E-state index contributed by atoms with van der Waals surface area (Å²) in [6, 6.07) is 5.56. The maximum atomic E-state index is 11.7. The highest BCUT2D eigenvalue weighted by atomic mass is 16.1. The smallest absolute Gasteiger partial charge is 0.264 e. The number of pyridine rings is 1. The first kappa shape index (κ1) is 10.1. The van der Waals surface area contributed by atoms with E-state index in [-0.39, 0.29) is 11.9 Å². The van der Waals surface area contributed by atoms with Crippen LogP contribution in [0.15, 0.2) is 29.4 Å². The molecule has 2 heterocycles. The Bertz CT molecular complexity index is 416. The fourth-order valence-electron chi connectivity index (χ4n) is 1.72. The SMILES string of the molecule is Cn1ccccc1=NC(=O)[C@@H]1CCCN1. The van der Waals surface area contributed by atoms with E-state index >= 15 is 0 Å². The number of nitrogens with one attached hydrogen (secondary N) is 1. The lowest BCUT2D eigenvalue weighted by atomic mass is 10.2. The van der Waals surface area contributed by atoms with Gasteiger partial charge in [-0.3, -0.25) is 4.79 Å². The molecule has 0 saturated carbocycles. The molecule has 1 aliphatic heterocycles. The van der Waals surface area contributed by atoms with Crippen molar-refractivity contribution >= 4 is 5.91 Å². The van der Waals surface area contributed by atoms with E-state index in [1.165, 1.54) is 0 Å². The van der Waals surface area contributed by atoms with Gasteiger partial charge in [0.2, 0.25) is 0 Å². The van der Waals surface area contributed by atoms with Gasteiger partial charge in [-0.1, -0.05) is 6.07 Å².